The van der Waals surface area contributed by atoms with Gasteiger partial charge in [0, 0.05) is 31.4 Å². The third-order valence-corrected chi connectivity index (χ3v) is 4.05. The van der Waals surface area contributed by atoms with Crippen molar-refractivity contribution in [3.63, 3.8) is 0 Å². The molecule has 24 heavy (non-hydrogen) atoms. The zero-order valence-electron chi connectivity index (χ0n) is 13.2. The minimum atomic E-state index is -4.32. The number of imidazole rings is 1. The minimum Gasteiger partial charge on any atom is -0.356 e. The fraction of sp³-hybridized carbons (Fsp3) is 0.667. The summed E-state index contributed by atoms with van der Waals surface area (Å²) < 4.78 is 36.2. The number of alkyl halides is 3. The van der Waals surface area contributed by atoms with Gasteiger partial charge < -0.3 is 15.6 Å². The van der Waals surface area contributed by atoms with Gasteiger partial charge in [0.15, 0.2) is 5.82 Å². The minimum absolute atomic E-state index is 0.0200. The van der Waals surface area contributed by atoms with E-state index in [0.29, 0.717) is 13.0 Å². The van der Waals surface area contributed by atoms with E-state index < -0.39 is 24.9 Å². The third-order valence-electron chi connectivity index (χ3n) is 4.05. The fourth-order valence-corrected chi connectivity index (χ4v) is 2.85. The molecular formula is C15H21F3N4O2. The van der Waals surface area contributed by atoms with E-state index in [-0.39, 0.29) is 23.7 Å². The second kappa shape index (κ2) is 8.16. The number of amides is 2. The Balaban J connectivity index is 1.71. The van der Waals surface area contributed by atoms with Crippen LogP contribution >= 0.6 is 0 Å². The Hall–Kier alpha value is -2.06. The summed E-state index contributed by atoms with van der Waals surface area (Å²) in [6.45, 7) is 0.337. The first kappa shape index (κ1) is 18.3. The van der Waals surface area contributed by atoms with Crippen molar-refractivity contribution in [1.82, 2.24) is 20.6 Å². The zero-order chi connectivity index (χ0) is 17.6. The molecule has 0 aliphatic heterocycles. The van der Waals surface area contributed by atoms with E-state index in [0.717, 1.165) is 19.3 Å². The Labute approximate surface area is 137 Å². The second-order valence-electron chi connectivity index (χ2n) is 6.06. The van der Waals surface area contributed by atoms with Crippen LogP contribution in [0.4, 0.5) is 13.2 Å². The van der Waals surface area contributed by atoms with Gasteiger partial charge in [-0.25, -0.2) is 4.98 Å². The number of aromatic amines is 1. The maximum Gasteiger partial charge on any atom is 0.389 e. The Kier molecular flexibility index (Phi) is 6.22. The van der Waals surface area contributed by atoms with E-state index in [1.54, 1.807) is 6.20 Å². The van der Waals surface area contributed by atoms with Crippen LogP contribution in [-0.2, 0) is 4.79 Å². The molecule has 134 valence electrons. The highest BCUT2D eigenvalue weighted by molar-refractivity contribution is 5.90. The van der Waals surface area contributed by atoms with E-state index in [9.17, 15) is 22.8 Å². The summed E-state index contributed by atoms with van der Waals surface area (Å²) >= 11 is 0. The predicted molar refractivity (Wildman–Crippen MR) is 80.1 cm³/mol. The summed E-state index contributed by atoms with van der Waals surface area (Å²) in [5.74, 6) is -0.470. The molecule has 2 rings (SSSR count). The third kappa shape index (κ3) is 6.21. The van der Waals surface area contributed by atoms with Crippen LogP contribution in [0.1, 0.15) is 49.1 Å². The SMILES string of the molecule is O=C(CCC(F)(F)F)NC[C@@H]1CCC[C@H](NC(=O)c2ncc[nH]2)C1. The van der Waals surface area contributed by atoms with Gasteiger partial charge in [-0.05, 0) is 25.2 Å². The van der Waals surface area contributed by atoms with E-state index in [2.05, 4.69) is 20.6 Å². The van der Waals surface area contributed by atoms with E-state index in [1.807, 2.05) is 0 Å². The number of nitrogens with zero attached hydrogens (tertiary/aromatic N) is 1. The molecule has 1 aliphatic carbocycles. The summed E-state index contributed by atoms with van der Waals surface area (Å²) in [4.78, 5) is 30.0. The first-order valence-electron chi connectivity index (χ1n) is 7.97. The van der Waals surface area contributed by atoms with Gasteiger partial charge in [0.05, 0.1) is 6.42 Å². The van der Waals surface area contributed by atoms with Crippen LogP contribution in [0.25, 0.3) is 0 Å². The lowest BCUT2D eigenvalue weighted by Crippen LogP contribution is -2.41. The van der Waals surface area contributed by atoms with Crippen molar-refractivity contribution in [2.75, 3.05) is 6.54 Å². The number of nitrogens with one attached hydrogen (secondary N) is 3. The smallest absolute Gasteiger partial charge is 0.356 e. The number of hydrogen-bond donors (Lipinski definition) is 3. The monoisotopic (exact) mass is 346 g/mol. The number of hydrogen-bond acceptors (Lipinski definition) is 3. The number of rotatable bonds is 6. The molecule has 0 radical (unpaired) electrons. The molecule has 0 spiro atoms. The quantitative estimate of drug-likeness (QED) is 0.738. The number of carbonyl (C=O) groups is 2. The molecule has 1 aromatic rings. The molecule has 2 atom stereocenters. The molecule has 0 bridgehead atoms. The summed E-state index contributed by atoms with van der Waals surface area (Å²) in [7, 11) is 0. The van der Waals surface area contributed by atoms with Crippen LogP contribution in [0.15, 0.2) is 12.4 Å². The van der Waals surface area contributed by atoms with Crippen molar-refractivity contribution in [1.29, 1.82) is 0 Å². The summed E-state index contributed by atoms with van der Waals surface area (Å²) in [5, 5.41) is 5.45. The Morgan fingerprint density at radius 1 is 1.33 bits per heavy atom. The maximum absolute atomic E-state index is 12.1. The normalized spacial score (nSPS) is 21.3. The lowest BCUT2D eigenvalue weighted by Gasteiger charge is -2.29. The molecule has 1 aromatic heterocycles. The van der Waals surface area contributed by atoms with Gasteiger partial charge >= 0.3 is 6.18 Å². The largest absolute Gasteiger partial charge is 0.389 e. The molecule has 0 saturated heterocycles. The number of halogens is 3. The van der Waals surface area contributed by atoms with Crippen LogP contribution < -0.4 is 10.6 Å². The number of H-pyrrole nitrogens is 1. The molecule has 0 aromatic carbocycles. The van der Waals surface area contributed by atoms with Gasteiger partial charge in [0.2, 0.25) is 5.91 Å². The van der Waals surface area contributed by atoms with Crippen LogP contribution in [0.2, 0.25) is 0 Å². The first-order valence-corrected chi connectivity index (χ1v) is 7.97. The van der Waals surface area contributed by atoms with Crippen LogP contribution in [0.3, 0.4) is 0 Å². The van der Waals surface area contributed by atoms with Crippen molar-refractivity contribution in [2.45, 2.75) is 50.7 Å². The molecule has 0 unspecified atom stereocenters. The Morgan fingerprint density at radius 2 is 2.12 bits per heavy atom. The number of aromatic nitrogens is 2. The summed E-state index contributed by atoms with van der Waals surface area (Å²) in [5.41, 5.74) is 0. The van der Waals surface area contributed by atoms with Gasteiger partial charge in [-0.2, -0.15) is 13.2 Å². The van der Waals surface area contributed by atoms with Gasteiger partial charge in [-0.3, -0.25) is 9.59 Å². The van der Waals surface area contributed by atoms with Crippen molar-refractivity contribution in [3.8, 4) is 0 Å². The van der Waals surface area contributed by atoms with Crippen LogP contribution in [-0.4, -0.2) is 40.5 Å². The topological polar surface area (TPSA) is 86.9 Å². The average molecular weight is 346 g/mol. The van der Waals surface area contributed by atoms with Gasteiger partial charge in [-0.1, -0.05) is 6.42 Å². The number of carbonyl (C=O) groups excluding carboxylic acids is 2. The highest BCUT2D eigenvalue weighted by Crippen LogP contribution is 2.24. The standard InChI is InChI=1S/C15H21F3N4O2/c16-15(17,18)5-4-12(23)21-9-10-2-1-3-11(8-10)22-14(24)13-19-6-7-20-13/h6-7,10-11H,1-5,8-9H2,(H,19,20)(H,21,23)(H,22,24)/t10-,11+/m1/s1. The Bertz CT molecular complexity index is 545. The molecule has 1 aliphatic rings. The Morgan fingerprint density at radius 3 is 2.79 bits per heavy atom. The lowest BCUT2D eigenvalue weighted by molar-refractivity contribution is -0.144. The van der Waals surface area contributed by atoms with Gasteiger partial charge in [-0.15, -0.1) is 0 Å². The highest BCUT2D eigenvalue weighted by Gasteiger charge is 2.28. The van der Waals surface area contributed by atoms with Crippen molar-refractivity contribution < 1.29 is 22.8 Å². The molecule has 1 saturated carbocycles. The van der Waals surface area contributed by atoms with Crippen LogP contribution in [0, 0.1) is 5.92 Å². The predicted octanol–water partition coefficient (Wildman–Crippen LogP) is 2.16. The van der Waals surface area contributed by atoms with E-state index in [4.69, 9.17) is 0 Å². The van der Waals surface area contributed by atoms with Crippen molar-refractivity contribution in [2.24, 2.45) is 5.92 Å². The van der Waals surface area contributed by atoms with Crippen molar-refractivity contribution in [3.05, 3.63) is 18.2 Å². The summed E-state index contributed by atoms with van der Waals surface area (Å²) in [6.07, 6.45) is 0.392. The second-order valence-corrected chi connectivity index (χ2v) is 6.06. The molecule has 1 fully saturated rings. The fourth-order valence-electron chi connectivity index (χ4n) is 2.85. The van der Waals surface area contributed by atoms with Crippen molar-refractivity contribution >= 4 is 11.8 Å². The molecule has 3 N–H and O–H groups in total. The van der Waals surface area contributed by atoms with Gasteiger partial charge in [0.1, 0.15) is 0 Å². The molecular weight excluding hydrogens is 325 g/mol. The first-order chi connectivity index (χ1) is 11.3. The lowest BCUT2D eigenvalue weighted by atomic mass is 9.85. The summed E-state index contributed by atoms with van der Waals surface area (Å²) in [6, 6.07) is -0.0200. The van der Waals surface area contributed by atoms with Gasteiger partial charge in [0.25, 0.3) is 5.91 Å². The molecule has 2 amide bonds. The van der Waals surface area contributed by atoms with E-state index in [1.165, 1.54) is 6.20 Å². The zero-order valence-corrected chi connectivity index (χ0v) is 13.2. The maximum atomic E-state index is 12.1. The average Bonchev–Trinajstić information content (AvgIpc) is 3.05. The molecule has 6 nitrogen and oxygen atoms in total. The highest BCUT2D eigenvalue weighted by atomic mass is 19.4. The molecule has 1 heterocycles. The molecule has 9 heteroatoms. The van der Waals surface area contributed by atoms with Crippen LogP contribution in [0.5, 0.6) is 0 Å². The van der Waals surface area contributed by atoms with E-state index >= 15 is 0 Å².